The van der Waals surface area contributed by atoms with Crippen molar-refractivity contribution in [2.45, 2.75) is 53.2 Å². The van der Waals surface area contributed by atoms with Gasteiger partial charge in [-0.1, -0.05) is 24.3 Å². The number of guanidine groups is 1. The van der Waals surface area contributed by atoms with E-state index in [1.165, 1.54) is 11.1 Å². The summed E-state index contributed by atoms with van der Waals surface area (Å²) in [4.78, 5) is 19.1. The Morgan fingerprint density at radius 3 is 2.40 bits per heavy atom. The SMILES string of the molecule is CCNC(=NCc1c(C)nn(C)c1C)NCCCC(=O)N1Cc2ccccc2C1.I. The summed E-state index contributed by atoms with van der Waals surface area (Å²) in [7, 11) is 1.95. The number of amides is 1. The number of halogens is 1. The van der Waals surface area contributed by atoms with E-state index in [0.717, 1.165) is 49.0 Å². The Balaban J connectivity index is 0.00000320. The Morgan fingerprint density at radius 1 is 1.17 bits per heavy atom. The van der Waals surface area contributed by atoms with Crippen molar-refractivity contribution in [2.75, 3.05) is 13.1 Å². The fourth-order valence-corrected chi connectivity index (χ4v) is 3.66. The quantitative estimate of drug-likeness (QED) is 0.253. The molecule has 1 aromatic heterocycles. The van der Waals surface area contributed by atoms with Gasteiger partial charge in [0.05, 0.1) is 12.2 Å². The minimum absolute atomic E-state index is 0. The van der Waals surface area contributed by atoms with Crippen LogP contribution in [0.5, 0.6) is 0 Å². The first-order valence-corrected chi connectivity index (χ1v) is 10.4. The van der Waals surface area contributed by atoms with Crippen LogP contribution in [-0.2, 0) is 31.5 Å². The third-order valence-corrected chi connectivity index (χ3v) is 5.45. The molecule has 7 nitrogen and oxygen atoms in total. The Bertz CT molecular complexity index is 867. The van der Waals surface area contributed by atoms with E-state index in [2.05, 4.69) is 39.8 Å². The van der Waals surface area contributed by atoms with Crippen molar-refractivity contribution in [1.29, 1.82) is 0 Å². The number of fused-ring (bicyclic) bond motifs is 1. The molecule has 2 N–H and O–H groups in total. The summed E-state index contributed by atoms with van der Waals surface area (Å²) in [5.41, 5.74) is 5.85. The second-order valence-corrected chi connectivity index (χ2v) is 7.52. The molecule has 2 heterocycles. The van der Waals surface area contributed by atoms with Crippen LogP contribution in [0, 0.1) is 13.8 Å². The maximum Gasteiger partial charge on any atom is 0.223 e. The number of benzene rings is 1. The summed E-state index contributed by atoms with van der Waals surface area (Å²) >= 11 is 0. The Labute approximate surface area is 196 Å². The van der Waals surface area contributed by atoms with E-state index in [4.69, 9.17) is 0 Å². The summed E-state index contributed by atoms with van der Waals surface area (Å²) in [6, 6.07) is 8.28. The lowest BCUT2D eigenvalue weighted by atomic mass is 10.1. The van der Waals surface area contributed by atoms with Crippen LogP contribution in [0.1, 0.15) is 47.8 Å². The van der Waals surface area contributed by atoms with E-state index in [1.54, 1.807) is 0 Å². The number of nitrogens with one attached hydrogen (secondary N) is 2. The normalized spacial score (nSPS) is 13.1. The van der Waals surface area contributed by atoms with Crippen LogP contribution in [0.4, 0.5) is 0 Å². The monoisotopic (exact) mass is 524 g/mol. The molecule has 0 radical (unpaired) electrons. The molecule has 1 aromatic carbocycles. The predicted octanol–water partition coefficient (Wildman–Crippen LogP) is 3.03. The van der Waals surface area contributed by atoms with Gasteiger partial charge in [0.2, 0.25) is 5.91 Å². The lowest BCUT2D eigenvalue weighted by molar-refractivity contribution is -0.131. The predicted molar refractivity (Wildman–Crippen MR) is 131 cm³/mol. The van der Waals surface area contributed by atoms with Gasteiger partial charge in [0.25, 0.3) is 0 Å². The third kappa shape index (κ3) is 5.96. The first-order chi connectivity index (χ1) is 14.0. The molecule has 1 aliphatic rings. The number of hydrogen-bond acceptors (Lipinski definition) is 3. The molecular formula is C22H33IN6O. The van der Waals surface area contributed by atoms with E-state index in [9.17, 15) is 4.79 Å². The number of aryl methyl sites for hydroxylation is 2. The molecule has 164 valence electrons. The Hall–Kier alpha value is -2.10. The highest BCUT2D eigenvalue weighted by molar-refractivity contribution is 14.0. The first kappa shape index (κ1) is 24.2. The van der Waals surface area contributed by atoms with Crippen LogP contribution in [-0.4, -0.2) is 39.6 Å². The number of hydrogen-bond donors (Lipinski definition) is 2. The second-order valence-electron chi connectivity index (χ2n) is 7.52. The largest absolute Gasteiger partial charge is 0.357 e. The molecule has 30 heavy (non-hydrogen) atoms. The summed E-state index contributed by atoms with van der Waals surface area (Å²) in [6.45, 7) is 9.68. The highest BCUT2D eigenvalue weighted by Crippen LogP contribution is 2.22. The maximum atomic E-state index is 12.5. The van der Waals surface area contributed by atoms with E-state index in [-0.39, 0.29) is 29.9 Å². The van der Waals surface area contributed by atoms with Crippen molar-refractivity contribution in [2.24, 2.45) is 12.0 Å². The standard InChI is InChI=1S/C22H32N6O.HI/c1-5-23-22(25-13-20-16(2)26-27(4)17(20)3)24-12-8-11-21(29)28-14-18-9-6-7-10-19(18)15-28;/h6-7,9-10H,5,8,11-15H2,1-4H3,(H2,23,24,25);1H. The molecule has 8 heteroatoms. The zero-order chi connectivity index (χ0) is 20.8. The van der Waals surface area contributed by atoms with E-state index in [0.29, 0.717) is 19.5 Å². The van der Waals surface area contributed by atoms with Gasteiger partial charge in [-0.3, -0.25) is 9.48 Å². The minimum Gasteiger partial charge on any atom is -0.357 e. The van der Waals surface area contributed by atoms with Crippen molar-refractivity contribution in [3.05, 3.63) is 52.3 Å². The number of carbonyl (C=O) groups is 1. The van der Waals surface area contributed by atoms with Gasteiger partial charge in [0.1, 0.15) is 0 Å². The number of carbonyl (C=O) groups excluding carboxylic acids is 1. The van der Waals surface area contributed by atoms with Crippen LogP contribution in [0.25, 0.3) is 0 Å². The molecule has 3 rings (SSSR count). The lowest BCUT2D eigenvalue weighted by Gasteiger charge is -2.16. The van der Waals surface area contributed by atoms with Crippen molar-refractivity contribution in [3.63, 3.8) is 0 Å². The van der Waals surface area contributed by atoms with Crippen LogP contribution < -0.4 is 10.6 Å². The molecule has 2 aromatic rings. The Morgan fingerprint density at radius 2 is 1.83 bits per heavy atom. The molecular weight excluding hydrogens is 491 g/mol. The first-order valence-electron chi connectivity index (χ1n) is 10.4. The van der Waals surface area contributed by atoms with Gasteiger partial charge in [-0.15, -0.1) is 24.0 Å². The number of aliphatic imine (C=N–C) groups is 1. The average molecular weight is 524 g/mol. The smallest absolute Gasteiger partial charge is 0.223 e. The molecule has 0 aliphatic carbocycles. The molecule has 0 spiro atoms. The molecule has 1 aliphatic heterocycles. The van der Waals surface area contributed by atoms with Crippen molar-refractivity contribution in [3.8, 4) is 0 Å². The summed E-state index contributed by atoms with van der Waals surface area (Å²) in [6.07, 6.45) is 1.32. The molecule has 1 amide bonds. The zero-order valence-corrected chi connectivity index (χ0v) is 20.7. The van der Waals surface area contributed by atoms with Crippen LogP contribution in [0.15, 0.2) is 29.3 Å². The minimum atomic E-state index is 0. The molecule has 0 saturated heterocycles. The number of nitrogens with zero attached hydrogens (tertiary/aromatic N) is 4. The zero-order valence-electron chi connectivity index (χ0n) is 18.4. The van der Waals surface area contributed by atoms with E-state index < -0.39 is 0 Å². The molecule has 0 atom stereocenters. The van der Waals surface area contributed by atoms with Crippen molar-refractivity contribution in [1.82, 2.24) is 25.3 Å². The lowest BCUT2D eigenvalue weighted by Crippen LogP contribution is -2.38. The van der Waals surface area contributed by atoms with Crippen LogP contribution in [0.3, 0.4) is 0 Å². The molecule has 0 fully saturated rings. The van der Waals surface area contributed by atoms with Gasteiger partial charge in [-0.05, 0) is 38.3 Å². The summed E-state index contributed by atoms with van der Waals surface area (Å²) in [5, 5.41) is 11.1. The van der Waals surface area contributed by atoms with Gasteiger partial charge >= 0.3 is 0 Å². The van der Waals surface area contributed by atoms with Crippen molar-refractivity contribution >= 4 is 35.8 Å². The molecule has 0 unspecified atom stereocenters. The van der Waals surface area contributed by atoms with E-state index >= 15 is 0 Å². The van der Waals surface area contributed by atoms with Gasteiger partial charge in [-0.2, -0.15) is 5.10 Å². The van der Waals surface area contributed by atoms with E-state index in [1.807, 2.05) is 42.6 Å². The van der Waals surface area contributed by atoms with Crippen LogP contribution >= 0.6 is 24.0 Å². The van der Waals surface area contributed by atoms with Gasteiger partial charge < -0.3 is 15.5 Å². The maximum absolute atomic E-state index is 12.5. The highest BCUT2D eigenvalue weighted by atomic mass is 127. The average Bonchev–Trinajstić information content (AvgIpc) is 3.24. The van der Waals surface area contributed by atoms with Gasteiger partial charge in [-0.25, -0.2) is 4.99 Å². The summed E-state index contributed by atoms with van der Waals surface area (Å²) in [5.74, 6) is 0.989. The van der Waals surface area contributed by atoms with Gasteiger partial charge in [0.15, 0.2) is 5.96 Å². The van der Waals surface area contributed by atoms with Crippen molar-refractivity contribution < 1.29 is 4.79 Å². The number of aromatic nitrogens is 2. The van der Waals surface area contributed by atoms with Gasteiger partial charge in [0, 0.05) is 50.9 Å². The summed E-state index contributed by atoms with van der Waals surface area (Å²) < 4.78 is 1.89. The fourth-order valence-electron chi connectivity index (χ4n) is 3.66. The topological polar surface area (TPSA) is 74.5 Å². The second kappa shape index (κ2) is 11.3. The van der Waals surface area contributed by atoms with Crippen LogP contribution in [0.2, 0.25) is 0 Å². The number of rotatable bonds is 7. The highest BCUT2D eigenvalue weighted by Gasteiger charge is 2.22. The molecule has 0 bridgehead atoms. The Kier molecular flexibility index (Phi) is 9.13. The third-order valence-electron chi connectivity index (χ3n) is 5.45. The fraction of sp³-hybridized carbons (Fsp3) is 0.500. The molecule has 0 saturated carbocycles.